The number of benzene rings is 1. The minimum Gasteiger partial charge on any atom is -0.497 e. The van der Waals surface area contributed by atoms with Gasteiger partial charge in [0.15, 0.2) is 0 Å². The fourth-order valence-corrected chi connectivity index (χ4v) is 1.54. The van der Waals surface area contributed by atoms with Gasteiger partial charge in [0.05, 0.1) is 18.8 Å². The molecule has 3 nitrogen and oxygen atoms in total. The minimum absolute atomic E-state index is 0.188. The van der Waals surface area contributed by atoms with Gasteiger partial charge in [-0.1, -0.05) is 18.2 Å². The van der Waals surface area contributed by atoms with Crippen molar-refractivity contribution in [2.24, 2.45) is 5.73 Å². The van der Waals surface area contributed by atoms with E-state index in [0.717, 1.165) is 17.0 Å². The van der Waals surface area contributed by atoms with E-state index in [1.165, 1.54) is 0 Å². The molecule has 0 unspecified atom stereocenters. The lowest BCUT2D eigenvalue weighted by atomic mass is 10.0. The molecule has 0 amide bonds. The van der Waals surface area contributed by atoms with E-state index in [2.05, 4.69) is 4.98 Å². The quantitative estimate of drug-likeness (QED) is 0.851. The molecular weight excluding hydrogens is 200 g/mol. The molecule has 0 saturated carbocycles. The van der Waals surface area contributed by atoms with Crippen molar-refractivity contribution in [2.45, 2.75) is 6.04 Å². The lowest BCUT2D eigenvalue weighted by molar-refractivity contribution is 0.414. The van der Waals surface area contributed by atoms with Crippen molar-refractivity contribution >= 4 is 0 Å². The van der Waals surface area contributed by atoms with E-state index in [0.29, 0.717) is 0 Å². The summed E-state index contributed by atoms with van der Waals surface area (Å²) in [6.45, 7) is 0. The summed E-state index contributed by atoms with van der Waals surface area (Å²) in [6.07, 6.45) is 1.75. The Labute approximate surface area is 94.9 Å². The number of rotatable bonds is 3. The number of nitrogens with two attached hydrogens (primary N) is 1. The highest BCUT2D eigenvalue weighted by molar-refractivity contribution is 5.32. The number of methoxy groups -OCH3 is 1. The van der Waals surface area contributed by atoms with E-state index in [1.54, 1.807) is 13.3 Å². The lowest BCUT2D eigenvalue weighted by Gasteiger charge is -2.11. The van der Waals surface area contributed by atoms with Gasteiger partial charge in [-0.3, -0.25) is 4.98 Å². The summed E-state index contributed by atoms with van der Waals surface area (Å²) >= 11 is 0. The SMILES string of the molecule is COc1ccc([C@@H](N)c2ccccn2)cc1. The highest BCUT2D eigenvalue weighted by Crippen LogP contribution is 2.20. The van der Waals surface area contributed by atoms with Gasteiger partial charge in [0, 0.05) is 6.20 Å². The first-order chi connectivity index (χ1) is 7.81. The molecule has 0 fully saturated rings. The maximum Gasteiger partial charge on any atom is 0.118 e. The number of hydrogen-bond donors (Lipinski definition) is 1. The molecule has 1 atom stereocenters. The Kier molecular flexibility index (Phi) is 3.17. The predicted octanol–water partition coefficient (Wildman–Crippen LogP) is 2.14. The maximum atomic E-state index is 6.10. The third-order valence-corrected chi connectivity index (χ3v) is 2.48. The zero-order valence-electron chi connectivity index (χ0n) is 9.13. The van der Waals surface area contributed by atoms with E-state index < -0.39 is 0 Å². The van der Waals surface area contributed by atoms with Gasteiger partial charge in [0.1, 0.15) is 5.75 Å². The van der Waals surface area contributed by atoms with Crippen molar-refractivity contribution in [3.8, 4) is 5.75 Å². The Bertz CT molecular complexity index is 439. The van der Waals surface area contributed by atoms with Crippen LogP contribution in [-0.4, -0.2) is 12.1 Å². The van der Waals surface area contributed by atoms with E-state index in [9.17, 15) is 0 Å². The Hall–Kier alpha value is -1.87. The van der Waals surface area contributed by atoms with Gasteiger partial charge in [0.2, 0.25) is 0 Å². The monoisotopic (exact) mass is 214 g/mol. The fourth-order valence-electron chi connectivity index (χ4n) is 1.54. The number of aromatic nitrogens is 1. The molecule has 16 heavy (non-hydrogen) atoms. The summed E-state index contributed by atoms with van der Waals surface area (Å²) in [5, 5.41) is 0. The summed E-state index contributed by atoms with van der Waals surface area (Å²) in [7, 11) is 1.65. The number of hydrogen-bond acceptors (Lipinski definition) is 3. The first-order valence-corrected chi connectivity index (χ1v) is 5.11. The number of nitrogens with zero attached hydrogens (tertiary/aromatic N) is 1. The molecule has 2 rings (SSSR count). The summed E-state index contributed by atoms with van der Waals surface area (Å²) in [5.74, 6) is 0.831. The zero-order valence-corrected chi connectivity index (χ0v) is 9.13. The second-order valence-electron chi connectivity index (χ2n) is 3.51. The molecule has 1 aromatic carbocycles. The molecule has 1 aromatic heterocycles. The normalized spacial score (nSPS) is 12.1. The Morgan fingerprint density at radius 1 is 1.12 bits per heavy atom. The largest absolute Gasteiger partial charge is 0.497 e. The highest BCUT2D eigenvalue weighted by atomic mass is 16.5. The first kappa shape index (κ1) is 10.6. The Morgan fingerprint density at radius 3 is 2.44 bits per heavy atom. The summed E-state index contributed by atoms with van der Waals surface area (Å²) < 4.78 is 5.10. The standard InChI is InChI=1S/C13H14N2O/c1-16-11-7-5-10(6-8-11)13(14)12-4-2-3-9-15-12/h2-9,13H,14H2,1H3/t13-/m1/s1. The van der Waals surface area contributed by atoms with Crippen LogP contribution < -0.4 is 10.5 Å². The summed E-state index contributed by atoms with van der Waals surface area (Å²) in [5.41, 5.74) is 8.00. The molecule has 0 aliphatic heterocycles. The average molecular weight is 214 g/mol. The fraction of sp³-hybridized carbons (Fsp3) is 0.154. The Morgan fingerprint density at radius 2 is 1.88 bits per heavy atom. The van der Waals surface area contributed by atoms with Crippen LogP contribution in [0.25, 0.3) is 0 Å². The van der Waals surface area contributed by atoms with Gasteiger partial charge in [-0.2, -0.15) is 0 Å². The molecule has 0 aliphatic rings. The average Bonchev–Trinajstić information content (AvgIpc) is 2.39. The number of ether oxygens (including phenoxy) is 1. The van der Waals surface area contributed by atoms with E-state index >= 15 is 0 Å². The van der Waals surface area contributed by atoms with E-state index in [-0.39, 0.29) is 6.04 Å². The van der Waals surface area contributed by atoms with Crippen LogP contribution in [0.15, 0.2) is 48.7 Å². The number of pyridine rings is 1. The molecule has 0 radical (unpaired) electrons. The van der Waals surface area contributed by atoms with Gasteiger partial charge in [-0.05, 0) is 29.8 Å². The topological polar surface area (TPSA) is 48.1 Å². The van der Waals surface area contributed by atoms with Gasteiger partial charge in [-0.25, -0.2) is 0 Å². The van der Waals surface area contributed by atoms with Crippen LogP contribution >= 0.6 is 0 Å². The van der Waals surface area contributed by atoms with Crippen molar-refractivity contribution in [3.05, 3.63) is 59.9 Å². The van der Waals surface area contributed by atoms with Gasteiger partial charge in [0.25, 0.3) is 0 Å². The van der Waals surface area contributed by atoms with Crippen LogP contribution in [0.1, 0.15) is 17.3 Å². The molecule has 82 valence electrons. The zero-order chi connectivity index (χ0) is 11.4. The van der Waals surface area contributed by atoms with Crippen LogP contribution in [0.4, 0.5) is 0 Å². The lowest BCUT2D eigenvalue weighted by Crippen LogP contribution is -2.13. The van der Waals surface area contributed by atoms with Crippen molar-refractivity contribution in [2.75, 3.05) is 7.11 Å². The van der Waals surface area contributed by atoms with Crippen molar-refractivity contribution in [1.29, 1.82) is 0 Å². The molecule has 2 aromatic rings. The second kappa shape index (κ2) is 4.77. The third kappa shape index (κ3) is 2.20. The van der Waals surface area contributed by atoms with Crippen LogP contribution in [0.5, 0.6) is 5.75 Å². The second-order valence-corrected chi connectivity index (χ2v) is 3.51. The van der Waals surface area contributed by atoms with Crippen molar-refractivity contribution < 1.29 is 4.74 Å². The van der Waals surface area contributed by atoms with E-state index in [4.69, 9.17) is 10.5 Å². The smallest absolute Gasteiger partial charge is 0.118 e. The molecule has 2 N–H and O–H groups in total. The summed E-state index contributed by atoms with van der Waals surface area (Å²) in [6, 6.07) is 13.3. The minimum atomic E-state index is -0.188. The molecule has 0 bridgehead atoms. The van der Waals surface area contributed by atoms with Crippen molar-refractivity contribution in [3.63, 3.8) is 0 Å². The van der Waals surface area contributed by atoms with Crippen LogP contribution in [0, 0.1) is 0 Å². The van der Waals surface area contributed by atoms with E-state index in [1.807, 2.05) is 42.5 Å². The molecule has 3 heteroatoms. The maximum absolute atomic E-state index is 6.10. The summed E-state index contributed by atoms with van der Waals surface area (Å²) in [4.78, 5) is 4.24. The van der Waals surface area contributed by atoms with Gasteiger partial charge in [-0.15, -0.1) is 0 Å². The van der Waals surface area contributed by atoms with Gasteiger partial charge < -0.3 is 10.5 Å². The molecule has 0 spiro atoms. The first-order valence-electron chi connectivity index (χ1n) is 5.11. The van der Waals surface area contributed by atoms with Crippen LogP contribution in [0.3, 0.4) is 0 Å². The third-order valence-electron chi connectivity index (χ3n) is 2.48. The van der Waals surface area contributed by atoms with Gasteiger partial charge >= 0.3 is 0 Å². The molecule has 1 heterocycles. The van der Waals surface area contributed by atoms with Crippen LogP contribution in [0.2, 0.25) is 0 Å². The Balaban J connectivity index is 2.24. The van der Waals surface area contributed by atoms with Crippen molar-refractivity contribution in [1.82, 2.24) is 4.98 Å². The molecular formula is C13H14N2O. The predicted molar refractivity (Wildman–Crippen MR) is 63.3 cm³/mol. The molecule has 0 aliphatic carbocycles. The van der Waals surface area contributed by atoms with Crippen LogP contribution in [-0.2, 0) is 0 Å². The molecule has 0 saturated heterocycles. The highest BCUT2D eigenvalue weighted by Gasteiger charge is 2.09.